The maximum absolute atomic E-state index is 3.71. The topological polar surface area (TPSA) is 15.3 Å². The summed E-state index contributed by atoms with van der Waals surface area (Å²) in [4.78, 5) is 2.49. The van der Waals surface area contributed by atoms with Crippen LogP contribution >= 0.6 is 0 Å². The molecule has 0 aliphatic rings. The molecule has 2 nitrogen and oxygen atoms in total. The third-order valence-electron chi connectivity index (χ3n) is 4.36. The second-order valence-electron chi connectivity index (χ2n) is 6.18. The van der Waals surface area contributed by atoms with Crippen molar-refractivity contribution in [2.75, 3.05) is 20.1 Å². The lowest BCUT2D eigenvalue weighted by Crippen LogP contribution is -2.38. The molecule has 1 N–H and O–H groups in total. The third kappa shape index (κ3) is 6.19. The van der Waals surface area contributed by atoms with E-state index in [9.17, 15) is 0 Å². The monoisotopic (exact) mass is 290 g/mol. The average molecular weight is 290 g/mol. The molecule has 0 bridgehead atoms. The van der Waals surface area contributed by atoms with Crippen molar-refractivity contribution in [1.29, 1.82) is 0 Å². The van der Waals surface area contributed by atoms with Crippen LogP contribution in [0.3, 0.4) is 0 Å². The van der Waals surface area contributed by atoms with Gasteiger partial charge >= 0.3 is 0 Å². The molecule has 0 radical (unpaired) electrons. The summed E-state index contributed by atoms with van der Waals surface area (Å²) < 4.78 is 0. The number of aryl methyl sites for hydroxylation is 1. The Kier molecular flexibility index (Phi) is 8.63. The van der Waals surface area contributed by atoms with Gasteiger partial charge in [-0.25, -0.2) is 0 Å². The fraction of sp³-hybridized carbons (Fsp3) is 0.684. The summed E-state index contributed by atoms with van der Waals surface area (Å²) in [5.41, 5.74) is 2.83. The lowest BCUT2D eigenvalue weighted by Gasteiger charge is -2.30. The largest absolute Gasteiger partial charge is 0.309 e. The summed E-state index contributed by atoms with van der Waals surface area (Å²) in [6.07, 6.45) is 4.81. The zero-order valence-corrected chi connectivity index (χ0v) is 14.7. The van der Waals surface area contributed by atoms with E-state index in [2.05, 4.69) is 69.2 Å². The van der Waals surface area contributed by atoms with Gasteiger partial charge in [-0.05, 0) is 50.9 Å². The highest BCUT2D eigenvalue weighted by atomic mass is 15.1. The van der Waals surface area contributed by atoms with E-state index in [4.69, 9.17) is 0 Å². The summed E-state index contributed by atoms with van der Waals surface area (Å²) in [7, 11) is 2.25. The SMILES string of the molecule is CCCNC(CN(C)C(C)CCC)c1ccc(CC)cc1. The minimum Gasteiger partial charge on any atom is -0.309 e. The van der Waals surface area contributed by atoms with E-state index in [0.717, 1.165) is 19.5 Å². The maximum Gasteiger partial charge on any atom is 0.0449 e. The van der Waals surface area contributed by atoms with Crippen LogP contribution in [0.15, 0.2) is 24.3 Å². The molecular formula is C19H34N2. The van der Waals surface area contributed by atoms with E-state index < -0.39 is 0 Å². The van der Waals surface area contributed by atoms with Crippen LogP contribution in [0.2, 0.25) is 0 Å². The Bertz CT molecular complexity index is 372. The molecule has 0 heterocycles. The molecule has 0 saturated carbocycles. The summed E-state index contributed by atoms with van der Waals surface area (Å²) >= 11 is 0. The van der Waals surface area contributed by atoms with Gasteiger partial charge < -0.3 is 10.2 Å². The van der Waals surface area contributed by atoms with Gasteiger partial charge in [0.15, 0.2) is 0 Å². The fourth-order valence-corrected chi connectivity index (χ4v) is 2.70. The number of hydrogen-bond acceptors (Lipinski definition) is 2. The van der Waals surface area contributed by atoms with E-state index in [0.29, 0.717) is 12.1 Å². The number of hydrogen-bond donors (Lipinski definition) is 1. The van der Waals surface area contributed by atoms with Crippen LogP contribution in [0.25, 0.3) is 0 Å². The highest BCUT2D eigenvalue weighted by Gasteiger charge is 2.16. The Hall–Kier alpha value is -0.860. The van der Waals surface area contributed by atoms with Gasteiger partial charge in [0, 0.05) is 18.6 Å². The molecule has 2 atom stereocenters. The molecule has 1 rings (SSSR count). The van der Waals surface area contributed by atoms with Gasteiger partial charge in [-0.2, -0.15) is 0 Å². The van der Waals surface area contributed by atoms with Crippen molar-refractivity contribution in [3.05, 3.63) is 35.4 Å². The molecule has 0 spiro atoms. The minimum absolute atomic E-state index is 0.431. The van der Waals surface area contributed by atoms with Gasteiger partial charge in [0.25, 0.3) is 0 Å². The molecule has 2 heteroatoms. The van der Waals surface area contributed by atoms with Gasteiger partial charge in [0.2, 0.25) is 0 Å². The normalized spacial score (nSPS) is 14.4. The Morgan fingerprint density at radius 2 is 1.71 bits per heavy atom. The Balaban J connectivity index is 2.73. The number of likely N-dealkylation sites (N-methyl/N-ethyl adjacent to an activating group) is 1. The highest BCUT2D eigenvalue weighted by Crippen LogP contribution is 2.17. The molecule has 0 fully saturated rings. The second kappa shape index (κ2) is 9.97. The molecule has 1 aromatic rings. The first-order chi connectivity index (χ1) is 10.1. The van der Waals surface area contributed by atoms with Crippen molar-refractivity contribution in [3.63, 3.8) is 0 Å². The number of nitrogens with zero attached hydrogens (tertiary/aromatic N) is 1. The van der Waals surface area contributed by atoms with Crippen LogP contribution in [-0.4, -0.2) is 31.1 Å². The fourth-order valence-electron chi connectivity index (χ4n) is 2.70. The average Bonchev–Trinajstić information content (AvgIpc) is 2.51. The van der Waals surface area contributed by atoms with Gasteiger partial charge in [-0.1, -0.05) is 51.5 Å². The van der Waals surface area contributed by atoms with Crippen molar-refractivity contribution < 1.29 is 0 Å². The predicted octanol–water partition coefficient (Wildman–Crippen LogP) is 4.41. The highest BCUT2D eigenvalue weighted by molar-refractivity contribution is 5.25. The molecule has 0 aliphatic carbocycles. The van der Waals surface area contributed by atoms with Crippen LogP contribution in [0.1, 0.15) is 64.1 Å². The summed E-state index contributed by atoms with van der Waals surface area (Å²) in [5, 5.41) is 3.71. The first-order valence-electron chi connectivity index (χ1n) is 8.64. The van der Waals surface area contributed by atoms with E-state index >= 15 is 0 Å². The summed E-state index contributed by atoms with van der Waals surface area (Å²) in [5.74, 6) is 0. The molecule has 1 aromatic carbocycles. The van der Waals surface area contributed by atoms with Gasteiger partial charge in [-0.3, -0.25) is 0 Å². The zero-order chi connectivity index (χ0) is 15.7. The molecule has 21 heavy (non-hydrogen) atoms. The number of benzene rings is 1. The van der Waals surface area contributed by atoms with Crippen LogP contribution in [-0.2, 0) is 6.42 Å². The molecular weight excluding hydrogens is 256 g/mol. The molecule has 120 valence electrons. The lowest BCUT2D eigenvalue weighted by atomic mass is 10.0. The lowest BCUT2D eigenvalue weighted by molar-refractivity contribution is 0.219. The Morgan fingerprint density at radius 3 is 2.24 bits per heavy atom. The Morgan fingerprint density at radius 1 is 1.05 bits per heavy atom. The van der Waals surface area contributed by atoms with E-state index in [1.165, 1.54) is 30.4 Å². The Labute approximate surface area is 131 Å². The van der Waals surface area contributed by atoms with E-state index in [1.54, 1.807) is 0 Å². The second-order valence-corrected chi connectivity index (χ2v) is 6.18. The van der Waals surface area contributed by atoms with E-state index in [1.807, 2.05) is 0 Å². The molecule has 0 aromatic heterocycles. The van der Waals surface area contributed by atoms with Gasteiger partial charge in [0.05, 0.1) is 0 Å². The van der Waals surface area contributed by atoms with Crippen LogP contribution in [0.5, 0.6) is 0 Å². The predicted molar refractivity (Wildman–Crippen MR) is 93.9 cm³/mol. The molecule has 0 amide bonds. The van der Waals surface area contributed by atoms with Crippen molar-refractivity contribution in [3.8, 4) is 0 Å². The minimum atomic E-state index is 0.431. The quantitative estimate of drug-likeness (QED) is 0.686. The maximum atomic E-state index is 3.71. The smallest absolute Gasteiger partial charge is 0.0449 e. The standard InChI is InChI=1S/C19H34N2/c1-6-9-16(4)21(5)15-19(20-14-7-2)18-12-10-17(8-3)11-13-18/h10-13,16,19-20H,6-9,14-15H2,1-5H3. The van der Waals surface area contributed by atoms with Gasteiger partial charge in [0.1, 0.15) is 0 Å². The van der Waals surface area contributed by atoms with Crippen LogP contribution in [0.4, 0.5) is 0 Å². The van der Waals surface area contributed by atoms with E-state index in [-0.39, 0.29) is 0 Å². The summed E-state index contributed by atoms with van der Waals surface area (Å²) in [6.45, 7) is 11.2. The first-order valence-corrected chi connectivity index (χ1v) is 8.64. The molecule has 0 saturated heterocycles. The molecule has 0 aliphatic heterocycles. The molecule has 2 unspecified atom stereocenters. The number of rotatable bonds is 10. The van der Waals surface area contributed by atoms with Gasteiger partial charge in [-0.15, -0.1) is 0 Å². The number of nitrogens with one attached hydrogen (secondary N) is 1. The zero-order valence-electron chi connectivity index (χ0n) is 14.7. The van der Waals surface area contributed by atoms with Crippen LogP contribution < -0.4 is 5.32 Å². The van der Waals surface area contributed by atoms with Crippen molar-refractivity contribution in [2.45, 2.75) is 65.5 Å². The third-order valence-corrected chi connectivity index (χ3v) is 4.36. The first kappa shape index (κ1) is 18.2. The van der Waals surface area contributed by atoms with Crippen molar-refractivity contribution >= 4 is 0 Å². The summed E-state index contributed by atoms with van der Waals surface area (Å²) in [6, 6.07) is 10.2. The van der Waals surface area contributed by atoms with Crippen molar-refractivity contribution in [2.24, 2.45) is 0 Å². The van der Waals surface area contributed by atoms with Crippen molar-refractivity contribution in [1.82, 2.24) is 10.2 Å². The van der Waals surface area contributed by atoms with Crippen LogP contribution in [0, 0.1) is 0 Å².